The number of hydrogen-bond donors (Lipinski definition) is 2. The van der Waals surface area contributed by atoms with Gasteiger partial charge in [-0.2, -0.15) is 0 Å². The summed E-state index contributed by atoms with van der Waals surface area (Å²) in [5.41, 5.74) is 0. The average Bonchev–Trinajstić information content (AvgIpc) is 2.98. The van der Waals surface area contributed by atoms with Crippen LogP contribution in [0.2, 0.25) is 0 Å². The molecule has 0 heterocycles. The molecule has 2 saturated carbocycles. The van der Waals surface area contributed by atoms with Crippen LogP contribution in [0.15, 0.2) is 0 Å². The molecule has 0 aromatic rings. The van der Waals surface area contributed by atoms with E-state index in [1.165, 1.54) is 25.7 Å². The third-order valence-corrected chi connectivity index (χ3v) is 4.81. The molecule has 3 atom stereocenters. The van der Waals surface area contributed by atoms with Gasteiger partial charge >= 0.3 is 0 Å². The first kappa shape index (κ1) is 17.3. The summed E-state index contributed by atoms with van der Waals surface area (Å²) in [6, 6.07) is -0.214. The zero-order chi connectivity index (χ0) is 15.9. The van der Waals surface area contributed by atoms with Gasteiger partial charge in [-0.1, -0.05) is 32.6 Å². The van der Waals surface area contributed by atoms with Gasteiger partial charge in [0.25, 0.3) is 0 Å². The van der Waals surface area contributed by atoms with Gasteiger partial charge in [0.15, 0.2) is 0 Å². The van der Waals surface area contributed by atoms with E-state index in [9.17, 15) is 9.59 Å². The molecule has 0 spiro atoms. The molecule has 2 amide bonds. The smallest absolute Gasteiger partial charge is 0.246 e. The van der Waals surface area contributed by atoms with Crippen molar-refractivity contribution in [3.63, 3.8) is 0 Å². The van der Waals surface area contributed by atoms with Crippen LogP contribution >= 0.6 is 0 Å². The highest BCUT2D eigenvalue weighted by atomic mass is 16.5. The van der Waals surface area contributed by atoms with E-state index in [4.69, 9.17) is 4.74 Å². The third kappa shape index (κ3) is 5.59. The van der Waals surface area contributed by atoms with Crippen LogP contribution in [-0.2, 0) is 14.3 Å². The predicted octanol–water partition coefficient (Wildman–Crippen LogP) is 2.15. The van der Waals surface area contributed by atoms with Gasteiger partial charge < -0.3 is 15.4 Å². The van der Waals surface area contributed by atoms with Crippen LogP contribution < -0.4 is 10.6 Å². The van der Waals surface area contributed by atoms with Gasteiger partial charge in [0.05, 0.1) is 6.10 Å². The van der Waals surface area contributed by atoms with Gasteiger partial charge in [-0.05, 0) is 38.5 Å². The summed E-state index contributed by atoms with van der Waals surface area (Å²) in [6.45, 7) is 4.01. The fourth-order valence-electron chi connectivity index (χ4n) is 3.47. The van der Waals surface area contributed by atoms with Crippen LogP contribution in [-0.4, -0.2) is 36.6 Å². The number of ether oxygens (including phenoxy) is 1. The van der Waals surface area contributed by atoms with Crippen molar-refractivity contribution in [2.75, 3.05) is 6.61 Å². The molecule has 126 valence electrons. The standard InChI is InChI=1S/C17H30N2O3/c1-12-6-5-9-15(10-12)22-11-16(20)18-13(2)17(21)19-14-7-3-4-8-14/h12-15H,3-11H2,1-2H3,(H,18,20)(H,19,21)/t12-,13+,15+/m1/s1. The quantitative estimate of drug-likeness (QED) is 0.790. The lowest BCUT2D eigenvalue weighted by molar-refractivity contribution is -0.133. The van der Waals surface area contributed by atoms with Crippen molar-refractivity contribution >= 4 is 11.8 Å². The number of carbonyl (C=O) groups excluding carboxylic acids is 2. The molecule has 0 saturated heterocycles. The van der Waals surface area contributed by atoms with Crippen molar-refractivity contribution < 1.29 is 14.3 Å². The Bertz CT molecular complexity index is 380. The molecule has 0 aliphatic heterocycles. The monoisotopic (exact) mass is 310 g/mol. The number of amides is 2. The van der Waals surface area contributed by atoms with Crippen LogP contribution in [0.25, 0.3) is 0 Å². The minimum atomic E-state index is -0.498. The topological polar surface area (TPSA) is 67.4 Å². The molecular formula is C17H30N2O3. The van der Waals surface area contributed by atoms with Gasteiger partial charge in [-0.15, -0.1) is 0 Å². The van der Waals surface area contributed by atoms with Crippen molar-refractivity contribution in [3.8, 4) is 0 Å². The van der Waals surface area contributed by atoms with E-state index in [1.807, 2.05) is 0 Å². The predicted molar refractivity (Wildman–Crippen MR) is 85.4 cm³/mol. The number of carbonyl (C=O) groups is 2. The zero-order valence-corrected chi connectivity index (χ0v) is 13.9. The molecule has 0 bridgehead atoms. The van der Waals surface area contributed by atoms with Crippen molar-refractivity contribution in [3.05, 3.63) is 0 Å². The molecule has 0 radical (unpaired) electrons. The molecule has 22 heavy (non-hydrogen) atoms. The van der Waals surface area contributed by atoms with Crippen molar-refractivity contribution in [1.82, 2.24) is 10.6 Å². The van der Waals surface area contributed by atoms with Gasteiger partial charge in [0.2, 0.25) is 11.8 Å². The minimum Gasteiger partial charge on any atom is -0.368 e. The highest BCUT2D eigenvalue weighted by Gasteiger charge is 2.23. The Labute approximate surface area is 133 Å². The molecule has 5 heteroatoms. The Balaban J connectivity index is 1.63. The minimum absolute atomic E-state index is 0.0540. The van der Waals surface area contributed by atoms with Crippen molar-refractivity contribution in [2.24, 2.45) is 5.92 Å². The molecule has 2 aliphatic rings. The number of nitrogens with one attached hydrogen (secondary N) is 2. The third-order valence-electron chi connectivity index (χ3n) is 4.81. The van der Waals surface area contributed by atoms with E-state index in [1.54, 1.807) is 6.92 Å². The number of hydrogen-bond acceptors (Lipinski definition) is 3. The first-order valence-electron chi connectivity index (χ1n) is 8.76. The average molecular weight is 310 g/mol. The first-order valence-corrected chi connectivity index (χ1v) is 8.76. The molecule has 2 rings (SSSR count). The maximum absolute atomic E-state index is 12.0. The van der Waals surface area contributed by atoms with E-state index < -0.39 is 6.04 Å². The largest absolute Gasteiger partial charge is 0.368 e. The molecule has 5 nitrogen and oxygen atoms in total. The Morgan fingerprint density at radius 1 is 1.14 bits per heavy atom. The second-order valence-electron chi connectivity index (χ2n) is 6.98. The van der Waals surface area contributed by atoms with Crippen LogP contribution in [0.4, 0.5) is 0 Å². The normalized spacial score (nSPS) is 27.4. The fourth-order valence-corrected chi connectivity index (χ4v) is 3.47. The Kier molecular flexibility index (Phi) is 6.68. The summed E-state index contributed by atoms with van der Waals surface area (Å²) in [6.07, 6.45) is 9.15. The van der Waals surface area contributed by atoms with Crippen molar-refractivity contribution in [1.29, 1.82) is 0 Å². The molecule has 0 aromatic carbocycles. The molecule has 0 aromatic heterocycles. The van der Waals surface area contributed by atoms with Crippen LogP contribution in [0.3, 0.4) is 0 Å². The lowest BCUT2D eigenvalue weighted by atomic mass is 9.89. The van der Waals surface area contributed by atoms with Crippen molar-refractivity contribution in [2.45, 2.75) is 83.4 Å². The highest BCUT2D eigenvalue weighted by molar-refractivity contribution is 5.87. The number of rotatable bonds is 6. The summed E-state index contributed by atoms with van der Waals surface area (Å²) < 4.78 is 5.69. The first-order chi connectivity index (χ1) is 10.5. The van der Waals surface area contributed by atoms with E-state index >= 15 is 0 Å². The second kappa shape index (κ2) is 8.51. The van der Waals surface area contributed by atoms with Crippen LogP contribution in [0.1, 0.15) is 65.2 Å². The highest BCUT2D eigenvalue weighted by Crippen LogP contribution is 2.25. The van der Waals surface area contributed by atoms with E-state index in [-0.39, 0.29) is 30.6 Å². The molecule has 0 unspecified atom stereocenters. The summed E-state index contributed by atoms with van der Waals surface area (Å²) in [5.74, 6) is 0.386. The van der Waals surface area contributed by atoms with Gasteiger partial charge in [0, 0.05) is 6.04 Å². The summed E-state index contributed by atoms with van der Waals surface area (Å²) >= 11 is 0. The fraction of sp³-hybridized carbons (Fsp3) is 0.882. The van der Waals surface area contributed by atoms with Gasteiger partial charge in [-0.3, -0.25) is 9.59 Å². The Morgan fingerprint density at radius 3 is 2.55 bits per heavy atom. The molecule has 2 N–H and O–H groups in total. The Morgan fingerprint density at radius 2 is 1.86 bits per heavy atom. The molecule has 2 aliphatic carbocycles. The lowest BCUT2D eigenvalue weighted by Crippen LogP contribution is -2.48. The molecule has 2 fully saturated rings. The Hall–Kier alpha value is -1.10. The van der Waals surface area contributed by atoms with Crippen LogP contribution in [0.5, 0.6) is 0 Å². The molecular weight excluding hydrogens is 280 g/mol. The summed E-state index contributed by atoms with van der Waals surface area (Å²) in [7, 11) is 0. The van der Waals surface area contributed by atoms with E-state index in [0.717, 1.165) is 25.7 Å². The zero-order valence-electron chi connectivity index (χ0n) is 13.9. The lowest BCUT2D eigenvalue weighted by Gasteiger charge is -2.26. The second-order valence-corrected chi connectivity index (χ2v) is 6.98. The van der Waals surface area contributed by atoms with Gasteiger partial charge in [-0.25, -0.2) is 0 Å². The maximum atomic E-state index is 12.0. The van der Waals surface area contributed by atoms with E-state index in [0.29, 0.717) is 5.92 Å². The van der Waals surface area contributed by atoms with Gasteiger partial charge in [0.1, 0.15) is 12.6 Å². The van der Waals surface area contributed by atoms with E-state index in [2.05, 4.69) is 17.6 Å². The SMILES string of the molecule is C[C@@H]1CCC[C@H](OCC(=O)N[C@@H](C)C(=O)NC2CCCC2)C1. The van der Waals surface area contributed by atoms with Crippen LogP contribution in [0, 0.1) is 5.92 Å². The maximum Gasteiger partial charge on any atom is 0.246 e. The summed E-state index contributed by atoms with van der Waals surface area (Å²) in [5, 5.41) is 5.73. The summed E-state index contributed by atoms with van der Waals surface area (Å²) in [4.78, 5) is 23.9.